The molecule has 2 atom stereocenters. The number of nitrogens with one attached hydrogen (secondary N) is 1. The molecule has 1 aromatic carbocycles. The first-order valence-electron chi connectivity index (χ1n) is 9.07. The molecule has 1 aromatic rings. The first kappa shape index (κ1) is 17.7. The van der Waals surface area contributed by atoms with Crippen LogP contribution in [0.15, 0.2) is 30.3 Å². The van der Waals surface area contributed by atoms with Crippen LogP contribution in [0.4, 0.5) is 5.69 Å². The van der Waals surface area contributed by atoms with Gasteiger partial charge in [0.15, 0.2) is 0 Å². The Morgan fingerprint density at radius 1 is 1.08 bits per heavy atom. The maximum absolute atomic E-state index is 12.6. The first-order valence-corrected chi connectivity index (χ1v) is 9.07. The van der Waals surface area contributed by atoms with Crippen LogP contribution < -0.4 is 10.2 Å². The van der Waals surface area contributed by atoms with Crippen molar-refractivity contribution in [3.05, 3.63) is 30.3 Å². The predicted molar refractivity (Wildman–Crippen MR) is 98.4 cm³/mol. The summed E-state index contributed by atoms with van der Waals surface area (Å²) in [6, 6.07) is 10.3. The molecule has 0 radical (unpaired) electrons. The Morgan fingerprint density at radius 3 is 2.40 bits per heavy atom. The van der Waals surface area contributed by atoms with E-state index in [1.165, 1.54) is 5.69 Å². The second kappa shape index (κ2) is 7.87. The molecule has 1 saturated heterocycles. The topological polar surface area (TPSA) is 55.9 Å². The third kappa shape index (κ3) is 4.51. The highest BCUT2D eigenvalue weighted by molar-refractivity contribution is 5.92. The average Bonchev–Trinajstić information content (AvgIpc) is 3.42. The minimum atomic E-state index is -0.123. The second-order valence-electron chi connectivity index (χ2n) is 7.19. The SMILES string of the molecule is CN(C)CCNC(=O)C1CC1C(=O)N1CCN(c2ccccc2)CC1. The van der Waals surface area contributed by atoms with E-state index in [0.29, 0.717) is 13.0 Å². The fourth-order valence-electron chi connectivity index (χ4n) is 3.35. The molecule has 6 heteroatoms. The lowest BCUT2D eigenvalue weighted by Gasteiger charge is -2.36. The molecule has 3 rings (SSSR count). The summed E-state index contributed by atoms with van der Waals surface area (Å²) < 4.78 is 0. The fraction of sp³-hybridized carbons (Fsp3) is 0.579. The Labute approximate surface area is 149 Å². The van der Waals surface area contributed by atoms with Crippen LogP contribution in [0, 0.1) is 11.8 Å². The highest BCUT2D eigenvalue weighted by Crippen LogP contribution is 2.40. The van der Waals surface area contributed by atoms with Crippen LogP contribution in [0.1, 0.15) is 6.42 Å². The minimum absolute atomic E-state index is 0.0307. The molecule has 0 bridgehead atoms. The lowest BCUT2D eigenvalue weighted by molar-refractivity contribution is -0.135. The van der Waals surface area contributed by atoms with Crippen LogP contribution in [-0.2, 0) is 9.59 Å². The van der Waals surface area contributed by atoms with Crippen molar-refractivity contribution in [2.24, 2.45) is 11.8 Å². The van der Waals surface area contributed by atoms with Crippen molar-refractivity contribution in [3.63, 3.8) is 0 Å². The maximum atomic E-state index is 12.6. The summed E-state index contributed by atoms with van der Waals surface area (Å²) in [5.74, 6) is -0.0481. The van der Waals surface area contributed by atoms with Gasteiger partial charge in [-0.2, -0.15) is 0 Å². The highest BCUT2D eigenvalue weighted by atomic mass is 16.2. The number of hydrogen-bond donors (Lipinski definition) is 1. The molecule has 25 heavy (non-hydrogen) atoms. The van der Waals surface area contributed by atoms with Gasteiger partial charge in [-0.3, -0.25) is 9.59 Å². The Bertz CT molecular complexity index is 597. The molecule has 2 aliphatic rings. The molecule has 0 spiro atoms. The normalized spacial score (nSPS) is 22.8. The lowest BCUT2D eigenvalue weighted by atomic mass is 10.2. The number of para-hydroxylation sites is 1. The van der Waals surface area contributed by atoms with Crippen LogP contribution in [-0.4, -0.2) is 75.0 Å². The zero-order valence-electron chi connectivity index (χ0n) is 15.1. The van der Waals surface area contributed by atoms with Crippen molar-refractivity contribution in [2.45, 2.75) is 6.42 Å². The monoisotopic (exact) mass is 344 g/mol. The fourth-order valence-corrected chi connectivity index (χ4v) is 3.35. The molecule has 136 valence electrons. The van der Waals surface area contributed by atoms with Gasteiger partial charge in [-0.25, -0.2) is 0 Å². The molecule has 1 aliphatic carbocycles. The Hall–Kier alpha value is -2.08. The third-order valence-electron chi connectivity index (χ3n) is 5.02. The van der Waals surface area contributed by atoms with E-state index in [1.54, 1.807) is 0 Å². The second-order valence-corrected chi connectivity index (χ2v) is 7.19. The number of piperazine rings is 1. The third-order valence-corrected chi connectivity index (χ3v) is 5.02. The van der Waals surface area contributed by atoms with Gasteiger partial charge in [-0.1, -0.05) is 18.2 Å². The highest BCUT2D eigenvalue weighted by Gasteiger charge is 2.49. The number of nitrogens with zero attached hydrogens (tertiary/aromatic N) is 3. The maximum Gasteiger partial charge on any atom is 0.226 e. The summed E-state index contributed by atoms with van der Waals surface area (Å²) in [5, 5.41) is 2.93. The van der Waals surface area contributed by atoms with Gasteiger partial charge in [0.1, 0.15) is 0 Å². The molecule has 1 saturated carbocycles. The zero-order valence-corrected chi connectivity index (χ0v) is 15.1. The molecule has 2 fully saturated rings. The number of benzene rings is 1. The van der Waals surface area contributed by atoms with Gasteiger partial charge in [-0.05, 0) is 32.6 Å². The number of carbonyl (C=O) groups excluding carboxylic acids is 2. The quantitative estimate of drug-likeness (QED) is 0.823. The van der Waals surface area contributed by atoms with Crippen LogP contribution in [0.2, 0.25) is 0 Å². The average molecular weight is 344 g/mol. The van der Waals surface area contributed by atoms with E-state index >= 15 is 0 Å². The number of amides is 2. The van der Waals surface area contributed by atoms with Crippen molar-refractivity contribution >= 4 is 17.5 Å². The largest absolute Gasteiger partial charge is 0.368 e. The minimum Gasteiger partial charge on any atom is -0.368 e. The lowest BCUT2D eigenvalue weighted by Crippen LogP contribution is -2.49. The van der Waals surface area contributed by atoms with Crippen molar-refractivity contribution in [3.8, 4) is 0 Å². The van der Waals surface area contributed by atoms with Crippen molar-refractivity contribution in [1.82, 2.24) is 15.1 Å². The summed E-state index contributed by atoms with van der Waals surface area (Å²) in [7, 11) is 3.95. The van der Waals surface area contributed by atoms with Gasteiger partial charge >= 0.3 is 0 Å². The molecular weight excluding hydrogens is 316 g/mol. The van der Waals surface area contributed by atoms with Gasteiger partial charge < -0.3 is 20.0 Å². The van der Waals surface area contributed by atoms with Crippen LogP contribution >= 0.6 is 0 Å². The Balaban J connectivity index is 1.42. The summed E-state index contributed by atoms with van der Waals surface area (Å²) >= 11 is 0. The molecule has 2 unspecified atom stereocenters. The van der Waals surface area contributed by atoms with Crippen molar-refractivity contribution < 1.29 is 9.59 Å². The summed E-state index contributed by atoms with van der Waals surface area (Å²) in [6.45, 7) is 4.63. The van der Waals surface area contributed by atoms with E-state index < -0.39 is 0 Å². The van der Waals surface area contributed by atoms with E-state index in [-0.39, 0.29) is 23.7 Å². The zero-order chi connectivity index (χ0) is 17.8. The Morgan fingerprint density at radius 2 is 1.76 bits per heavy atom. The smallest absolute Gasteiger partial charge is 0.226 e. The standard InChI is InChI=1S/C19H28N4O2/c1-21(2)9-8-20-18(24)16-14-17(16)19(25)23-12-10-22(11-13-23)15-6-4-3-5-7-15/h3-7,16-17H,8-14H2,1-2H3,(H,20,24). The van der Waals surface area contributed by atoms with Gasteiger partial charge in [0.05, 0.1) is 11.8 Å². The van der Waals surface area contributed by atoms with Crippen molar-refractivity contribution in [2.75, 3.05) is 58.3 Å². The van der Waals surface area contributed by atoms with E-state index in [2.05, 4.69) is 22.3 Å². The van der Waals surface area contributed by atoms with E-state index in [9.17, 15) is 9.59 Å². The van der Waals surface area contributed by atoms with Gasteiger partial charge in [0.2, 0.25) is 11.8 Å². The number of rotatable bonds is 6. The number of likely N-dealkylation sites (N-methyl/N-ethyl adjacent to an activating group) is 1. The van der Waals surface area contributed by atoms with Gasteiger partial charge in [0.25, 0.3) is 0 Å². The summed E-state index contributed by atoms with van der Waals surface area (Å²) in [5.41, 5.74) is 1.21. The summed E-state index contributed by atoms with van der Waals surface area (Å²) in [4.78, 5) is 31.0. The molecule has 1 N–H and O–H groups in total. The molecule has 2 amide bonds. The predicted octanol–water partition coefficient (Wildman–Crippen LogP) is 0.649. The van der Waals surface area contributed by atoms with Crippen LogP contribution in [0.3, 0.4) is 0 Å². The van der Waals surface area contributed by atoms with Gasteiger partial charge in [-0.15, -0.1) is 0 Å². The molecule has 1 heterocycles. The van der Waals surface area contributed by atoms with E-state index in [4.69, 9.17) is 0 Å². The molecular formula is C19H28N4O2. The van der Waals surface area contributed by atoms with E-state index in [1.807, 2.05) is 42.1 Å². The molecule has 1 aliphatic heterocycles. The number of carbonyl (C=O) groups is 2. The van der Waals surface area contributed by atoms with Crippen molar-refractivity contribution in [1.29, 1.82) is 0 Å². The number of anilines is 1. The summed E-state index contributed by atoms with van der Waals surface area (Å²) in [6.07, 6.45) is 0.700. The van der Waals surface area contributed by atoms with E-state index in [0.717, 1.165) is 32.7 Å². The first-order chi connectivity index (χ1) is 12.1. The van der Waals surface area contributed by atoms with Crippen LogP contribution in [0.5, 0.6) is 0 Å². The van der Waals surface area contributed by atoms with Crippen LogP contribution in [0.25, 0.3) is 0 Å². The number of hydrogen-bond acceptors (Lipinski definition) is 4. The Kier molecular flexibility index (Phi) is 5.58. The molecule has 0 aromatic heterocycles. The molecule has 6 nitrogen and oxygen atoms in total. The van der Waals surface area contributed by atoms with Gasteiger partial charge in [0, 0.05) is 45.0 Å².